The van der Waals surface area contributed by atoms with Crippen molar-refractivity contribution in [3.8, 4) is 0 Å². The van der Waals surface area contributed by atoms with E-state index in [0.717, 1.165) is 31.5 Å². The van der Waals surface area contributed by atoms with E-state index in [0.29, 0.717) is 0 Å². The predicted molar refractivity (Wildman–Crippen MR) is 63.2 cm³/mol. The summed E-state index contributed by atoms with van der Waals surface area (Å²) in [5.41, 5.74) is 1.20. The van der Waals surface area contributed by atoms with Crippen molar-refractivity contribution in [3.05, 3.63) is 29.8 Å². The lowest BCUT2D eigenvalue weighted by Gasteiger charge is -2.32. The van der Waals surface area contributed by atoms with E-state index in [1.54, 1.807) is 6.07 Å². The van der Waals surface area contributed by atoms with Gasteiger partial charge < -0.3 is 0 Å². The average molecular weight is 243 g/mol. The van der Waals surface area contributed by atoms with Gasteiger partial charge in [-0.3, -0.25) is 9.88 Å². The molecule has 2 fully saturated rings. The van der Waals surface area contributed by atoms with Gasteiger partial charge in [0.05, 0.1) is 6.20 Å². The molecule has 1 aromatic heterocycles. The van der Waals surface area contributed by atoms with Crippen LogP contribution in [0.3, 0.4) is 0 Å². The highest BCUT2D eigenvalue weighted by molar-refractivity contribution is 5.85. The standard InChI is InChI=1S/C12H15FN2.ClH/c13-11-7-10(8-14-9-11)12-3-1-5-15(12)6-2-4-12;/h7-9H,1-6H2;1H. The summed E-state index contributed by atoms with van der Waals surface area (Å²) in [5.74, 6) is -0.208. The lowest BCUT2D eigenvalue weighted by Crippen LogP contribution is -2.35. The molecule has 0 atom stereocenters. The Morgan fingerprint density at radius 2 is 1.88 bits per heavy atom. The van der Waals surface area contributed by atoms with E-state index in [4.69, 9.17) is 0 Å². The number of hydrogen-bond donors (Lipinski definition) is 0. The van der Waals surface area contributed by atoms with E-state index in [1.165, 1.54) is 19.0 Å². The number of pyridine rings is 1. The van der Waals surface area contributed by atoms with Crippen molar-refractivity contribution in [3.63, 3.8) is 0 Å². The van der Waals surface area contributed by atoms with Crippen LogP contribution in [0.5, 0.6) is 0 Å². The summed E-state index contributed by atoms with van der Waals surface area (Å²) in [6.45, 7) is 2.33. The molecule has 0 amide bonds. The fraction of sp³-hybridized carbons (Fsp3) is 0.583. The molecular formula is C12H16ClFN2. The maximum atomic E-state index is 13.2. The van der Waals surface area contributed by atoms with Gasteiger partial charge in [0.1, 0.15) is 5.82 Å². The van der Waals surface area contributed by atoms with Crippen molar-refractivity contribution < 1.29 is 4.39 Å². The molecule has 2 nitrogen and oxygen atoms in total. The Morgan fingerprint density at radius 1 is 1.19 bits per heavy atom. The number of fused-ring (bicyclic) bond motifs is 1. The number of nitrogens with zero attached hydrogens (tertiary/aromatic N) is 2. The van der Waals surface area contributed by atoms with E-state index < -0.39 is 0 Å². The number of halogens is 2. The zero-order chi connectivity index (χ0) is 10.3. The van der Waals surface area contributed by atoms with Crippen LogP contribution in [-0.2, 0) is 5.54 Å². The van der Waals surface area contributed by atoms with Gasteiger partial charge in [0, 0.05) is 11.7 Å². The topological polar surface area (TPSA) is 16.1 Å². The quantitative estimate of drug-likeness (QED) is 0.753. The van der Waals surface area contributed by atoms with Gasteiger partial charge in [-0.1, -0.05) is 0 Å². The Balaban J connectivity index is 0.000000963. The number of hydrogen-bond acceptors (Lipinski definition) is 2. The Labute approximate surface area is 101 Å². The largest absolute Gasteiger partial charge is 0.294 e. The zero-order valence-electron chi connectivity index (χ0n) is 9.16. The van der Waals surface area contributed by atoms with Gasteiger partial charge in [0.2, 0.25) is 0 Å². The maximum Gasteiger partial charge on any atom is 0.141 e. The molecule has 2 aliphatic rings. The Bertz CT molecular complexity index is 373. The number of rotatable bonds is 1. The van der Waals surface area contributed by atoms with Crippen molar-refractivity contribution in [2.45, 2.75) is 31.2 Å². The van der Waals surface area contributed by atoms with Crippen LogP contribution in [0.1, 0.15) is 31.2 Å². The van der Waals surface area contributed by atoms with Gasteiger partial charge >= 0.3 is 0 Å². The molecule has 3 heterocycles. The van der Waals surface area contributed by atoms with E-state index in [1.807, 2.05) is 6.20 Å². The monoisotopic (exact) mass is 242 g/mol. The smallest absolute Gasteiger partial charge is 0.141 e. The predicted octanol–water partition coefficient (Wildman–Crippen LogP) is 2.73. The van der Waals surface area contributed by atoms with Gasteiger partial charge in [0.15, 0.2) is 0 Å². The van der Waals surface area contributed by atoms with E-state index >= 15 is 0 Å². The van der Waals surface area contributed by atoms with E-state index in [-0.39, 0.29) is 23.8 Å². The summed E-state index contributed by atoms with van der Waals surface area (Å²) >= 11 is 0. The highest BCUT2D eigenvalue weighted by Crippen LogP contribution is 2.46. The van der Waals surface area contributed by atoms with Crippen molar-refractivity contribution in [1.82, 2.24) is 9.88 Å². The van der Waals surface area contributed by atoms with Crippen molar-refractivity contribution in [1.29, 1.82) is 0 Å². The molecule has 0 spiro atoms. The highest BCUT2D eigenvalue weighted by Gasteiger charge is 2.45. The average Bonchev–Trinajstić information content (AvgIpc) is 2.75. The Kier molecular flexibility index (Phi) is 3.17. The van der Waals surface area contributed by atoms with Gasteiger partial charge in [-0.25, -0.2) is 4.39 Å². The lowest BCUT2D eigenvalue weighted by molar-refractivity contribution is 0.196. The second-order valence-electron chi connectivity index (χ2n) is 4.62. The van der Waals surface area contributed by atoms with Crippen LogP contribution in [0.25, 0.3) is 0 Å². The molecule has 16 heavy (non-hydrogen) atoms. The normalized spacial score (nSPS) is 22.8. The SMILES string of the molecule is Cl.Fc1cncc(C23CCCN2CCC3)c1. The second kappa shape index (κ2) is 4.30. The fourth-order valence-electron chi connectivity index (χ4n) is 3.24. The van der Waals surface area contributed by atoms with Gasteiger partial charge in [-0.15, -0.1) is 12.4 Å². The molecule has 88 valence electrons. The molecule has 0 radical (unpaired) electrons. The minimum atomic E-state index is -0.208. The molecule has 0 aliphatic carbocycles. The van der Waals surface area contributed by atoms with Crippen LogP contribution >= 0.6 is 12.4 Å². The molecule has 0 saturated carbocycles. The van der Waals surface area contributed by atoms with Crippen molar-refractivity contribution >= 4 is 12.4 Å². The molecule has 0 unspecified atom stereocenters. The highest BCUT2D eigenvalue weighted by atomic mass is 35.5. The van der Waals surface area contributed by atoms with Gasteiger partial charge in [-0.2, -0.15) is 0 Å². The van der Waals surface area contributed by atoms with Crippen molar-refractivity contribution in [2.75, 3.05) is 13.1 Å². The first kappa shape index (κ1) is 11.8. The minimum absolute atomic E-state index is 0. The molecule has 0 bridgehead atoms. The third-order valence-electron chi connectivity index (χ3n) is 3.88. The lowest BCUT2D eigenvalue weighted by atomic mass is 9.87. The summed E-state index contributed by atoms with van der Waals surface area (Å²) in [4.78, 5) is 6.49. The van der Waals surface area contributed by atoms with E-state index in [2.05, 4.69) is 9.88 Å². The van der Waals surface area contributed by atoms with Crippen LogP contribution in [0, 0.1) is 5.82 Å². The van der Waals surface area contributed by atoms with Crippen LogP contribution in [0.15, 0.2) is 18.5 Å². The number of aromatic nitrogens is 1. The van der Waals surface area contributed by atoms with Gasteiger partial charge in [0.25, 0.3) is 0 Å². The molecule has 0 aromatic carbocycles. The molecule has 0 N–H and O–H groups in total. The molecule has 2 aliphatic heterocycles. The van der Waals surface area contributed by atoms with Crippen LogP contribution in [0.2, 0.25) is 0 Å². The maximum absolute atomic E-state index is 13.2. The molecule has 3 rings (SSSR count). The Morgan fingerprint density at radius 3 is 2.50 bits per heavy atom. The summed E-state index contributed by atoms with van der Waals surface area (Å²) in [6.07, 6.45) is 7.92. The molecular weight excluding hydrogens is 227 g/mol. The molecule has 2 saturated heterocycles. The van der Waals surface area contributed by atoms with Crippen molar-refractivity contribution in [2.24, 2.45) is 0 Å². The first-order valence-electron chi connectivity index (χ1n) is 5.67. The second-order valence-corrected chi connectivity index (χ2v) is 4.62. The third-order valence-corrected chi connectivity index (χ3v) is 3.88. The van der Waals surface area contributed by atoms with Crippen LogP contribution in [0.4, 0.5) is 4.39 Å². The summed E-state index contributed by atoms with van der Waals surface area (Å²) in [6, 6.07) is 1.66. The van der Waals surface area contributed by atoms with Crippen LogP contribution in [-0.4, -0.2) is 23.0 Å². The summed E-state index contributed by atoms with van der Waals surface area (Å²) < 4.78 is 13.2. The zero-order valence-corrected chi connectivity index (χ0v) is 9.97. The van der Waals surface area contributed by atoms with Gasteiger partial charge in [-0.05, 0) is 50.4 Å². The Hall–Kier alpha value is -0.670. The summed E-state index contributed by atoms with van der Waals surface area (Å²) in [7, 11) is 0. The van der Waals surface area contributed by atoms with Crippen LogP contribution < -0.4 is 0 Å². The first-order chi connectivity index (χ1) is 7.31. The molecule has 1 aromatic rings. The third kappa shape index (κ3) is 1.62. The van der Waals surface area contributed by atoms with E-state index in [9.17, 15) is 4.39 Å². The summed E-state index contributed by atoms with van der Waals surface area (Å²) in [5, 5.41) is 0. The molecule has 4 heteroatoms. The minimum Gasteiger partial charge on any atom is -0.294 e. The fourth-order valence-corrected chi connectivity index (χ4v) is 3.24. The first-order valence-corrected chi connectivity index (χ1v) is 5.67.